The molecule has 0 fully saturated rings. The number of halogens is 1. The first kappa shape index (κ1) is 22.6. The quantitative estimate of drug-likeness (QED) is 0.412. The van der Waals surface area contributed by atoms with E-state index < -0.39 is 28.1 Å². The van der Waals surface area contributed by atoms with Gasteiger partial charge in [-0.2, -0.15) is 13.5 Å². The topological polar surface area (TPSA) is 149 Å². The second kappa shape index (κ2) is 8.96. The maximum Gasteiger partial charge on any atom is 0.413 e. The van der Waals surface area contributed by atoms with E-state index in [9.17, 15) is 13.2 Å². The molecule has 0 bridgehead atoms. The number of aromatic nitrogens is 5. The minimum absolute atomic E-state index is 0.211. The molecule has 3 aromatic rings. The number of nitrogens with zero attached hydrogens (tertiary/aromatic N) is 5. The van der Waals surface area contributed by atoms with Gasteiger partial charge >= 0.3 is 6.09 Å². The fourth-order valence-electron chi connectivity index (χ4n) is 2.76. The number of hydrogen-bond donors (Lipinski definition) is 2. The van der Waals surface area contributed by atoms with Crippen LogP contribution in [0, 0.1) is 6.92 Å². The van der Waals surface area contributed by atoms with E-state index in [4.69, 9.17) is 20.9 Å². The van der Waals surface area contributed by atoms with Crippen LogP contribution >= 0.6 is 11.6 Å². The van der Waals surface area contributed by atoms with Gasteiger partial charge in [-0.1, -0.05) is 17.7 Å². The first-order chi connectivity index (χ1) is 14.5. The van der Waals surface area contributed by atoms with E-state index >= 15 is 0 Å². The normalized spacial score (nSPS) is 12.4. The van der Waals surface area contributed by atoms with Gasteiger partial charge in [-0.15, -0.1) is 0 Å². The van der Waals surface area contributed by atoms with Gasteiger partial charge in [-0.3, -0.25) is 14.6 Å². The fraction of sp³-hybridized carbons (Fsp3) is 0.278. The minimum Gasteiger partial charge on any atom is -0.441 e. The van der Waals surface area contributed by atoms with E-state index in [1.807, 2.05) is 0 Å². The Morgan fingerprint density at radius 3 is 2.74 bits per heavy atom. The fourth-order valence-corrected chi connectivity index (χ4v) is 3.71. The average Bonchev–Trinajstić information content (AvgIpc) is 3.03. The lowest BCUT2D eigenvalue weighted by Gasteiger charge is -2.15. The zero-order valence-electron chi connectivity index (χ0n) is 16.8. The van der Waals surface area contributed by atoms with E-state index in [-0.39, 0.29) is 22.4 Å². The summed E-state index contributed by atoms with van der Waals surface area (Å²) in [5.74, 6) is -0.113. The Hall–Kier alpha value is -3.09. The molecule has 0 aliphatic carbocycles. The molecule has 3 heterocycles. The largest absolute Gasteiger partial charge is 0.441 e. The molecule has 3 rings (SSSR count). The Bertz CT molecular complexity index is 1230. The van der Waals surface area contributed by atoms with Crippen molar-refractivity contribution in [2.75, 3.05) is 5.32 Å². The van der Waals surface area contributed by atoms with Crippen molar-refractivity contribution in [2.45, 2.75) is 25.7 Å². The second-order valence-corrected chi connectivity index (χ2v) is 8.43. The van der Waals surface area contributed by atoms with Gasteiger partial charge in [0.25, 0.3) is 10.1 Å². The second-order valence-electron chi connectivity index (χ2n) is 6.62. The van der Waals surface area contributed by atoms with E-state index in [0.29, 0.717) is 16.8 Å². The number of anilines is 1. The number of rotatable bonds is 6. The summed E-state index contributed by atoms with van der Waals surface area (Å²) in [5, 5.41) is 6.95. The SMILES string of the molecule is Cc1nc(-c2cnn(C)c2NC(=O)OC(C)c2cccnc2Cl)ncc1CS(=O)(=O)O. The molecule has 3 aromatic heterocycles. The van der Waals surface area contributed by atoms with Gasteiger partial charge in [-0.25, -0.2) is 19.7 Å². The standard InChI is InChI=1S/C18H19ClN6O5S/c1-10-12(9-31(27,28)29)7-21-16(23-10)14-8-22-25(3)17(14)24-18(26)30-11(2)13-5-4-6-20-15(13)19/h4-8,11H,9H2,1-3H3,(H,24,26)(H,27,28,29). The van der Waals surface area contributed by atoms with Crippen LogP contribution in [0.25, 0.3) is 11.4 Å². The summed E-state index contributed by atoms with van der Waals surface area (Å²) in [6.07, 6.45) is 2.87. The summed E-state index contributed by atoms with van der Waals surface area (Å²) in [7, 11) is -2.61. The third kappa shape index (κ3) is 5.54. The van der Waals surface area contributed by atoms with Crippen molar-refractivity contribution >= 4 is 33.6 Å². The number of ether oxygens (including phenoxy) is 1. The van der Waals surface area contributed by atoms with Crippen molar-refractivity contribution in [3.63, 3.8) is 0 Å². The van der Waals surface area contributed by atoms with Crippen LogP contribution in [0.15, 0.2) is 30.7 Å². The maximum atomic E-state index is 12.4. The number of carbonyl (C=O) groups excluding carboxylic acids is 1. The molecular formula is C18H19ClN6O5S. The lowest BCUT2D eigenvalue weighted by molar-refractivity contribution is 0.121. The number of nitrogens with one attached hydrogen (secondary N) is 1. The summed E-state index contributed by atoms with van der Waals surface area (Å²) < 4.78 is 38.0. The predicted molar refractivity (Wildman–Crippen MR) is 112 cm³/mol. The Labute approximate surface area is 183 Å². The molecule has 0 saturated heterocycles. The summed E-state index contributed by atoms with van der Waals surface area (Å²) in [6, 6.07) is 3.39. The number of pyridine rings is 1. The predicted octanol–water partition coefficient (Wildman–Crippen LogP) is 2.93. The van der Waals surface area contributed by atoms with E-state index in [1.54, 1.807) is 33.0 Å². The highest BCUT2D eigenvalue weighted by molar-refractivity contribution is 7.85. The highest BCUT2D eigenvalue weighted by atomic mass is 35.5. The molecule has 0 aliphatic rings. The highest BCUT2D eigenvalue weighted by Crippen LogP contribution is 2.27. The van der Waals surface area contributed by atoms with Gasteiger partial charge in [0, 0.05) is 36.3 Å². The highest BCUT2D eigenvalue weighted by Gasteiger charge is 2.20. The molecule has 0 aromatic carbocycles. The number of amides is 1. The summed E-state index contributed by atoms with van der Waals surface area (Å²) >= 11 is 6.04. The number of hydrogen-bond acceptors (Lipinski definition) is 8. The Morgan fingerprint density at radius 2 is 2.10 bits per heavy atom. The van der Waals surface area contributed by atoms with Crippen LogP contribution in [0.2, 0.25) is 5.15 Å². The molecule has 1 amide bonds. The lowest BCUT2D eigenvalue weighted by Crippen LogP contribution is -2.19. The van der Waals surface area contributed by atoms with Crippen LogP contribution in [0.5, 0.6) is 0 Å². The Balaban J connectivity index is 1.80. The molecule has 11 nitrogen and oxygen atoms in total. The van der Waals surface area contributed by atoms with Gasteiger partial charge in [0.1, 0.15) is 22.8 Å². The Kier molecular flexibility index (Phi) is 6.53. The van der Waals surface area contributed by atoms with Crippen LogP contribution in [0.4, 0.5) is 10.6 Å². The van der Waals surface area contributed by atoms with Crippen LogP contribution in [-0.2, 0) is 27.7 Å². The molecule has 1 atom stereocenters. The smallest absolute Gasteiger partial charge is 0.413 e. The number of aryl methyl sites for hydroxylation is 2. The third-order valence-electron chi connectivity index (χ3n) is 4.33. The Morgan fingerprint density at radius 1 is 1.35 bits per heavy atom. The van der Waals surface area contributed by atoms with Crippen molar-refractivity contribution in [1.82, 2.24) is 24.7 Å². The molecule has 0 radical (unpaired) electrons. The van der Waals surface area contributed by atoms with Crippen molar-refractivity contribution in [3.8, 4) is 11.4 Å². The van der Waals surface area contributed by atoms with Crippen molar-refractivity contribution in [1.29, 1.82) is 0 Å². The van der Waals surface area contributed by atoms with Crippen molar-refractivity contribution in [2.24, 2.45) is 7.05 Å². The molecule has 2 N–H and O–H groups in total. The van der Waals surface area contributed by atoms with Crippen molar-refractivity contribution in [3.05, 3.63) is 52.7 Å². The zero-order chi connectivity index (χ0) is 22.8. The molecular weight excluding hydrogens is 448 g/mol. The molecule has 0 spiro atoms. The molecule has 1 unspecified atom stereocenters. The van der Waals surface area contributed by atoms with E-state index in [1.165, 1.54) is 23.3 Å². The van der Waals surface area contributed by atoms with Crippen LogP contribution < -0.4 is 5.32 Å². The maximum absolute atomic E-state index is 12.4. The molecule has 0 aliphatic heterocycles. The van der Waals surface area contributed by atoms with Crippen LogP contribution in [0.1, 0.15) is 29.8 Å². The van der Waals surface area contributed by atoms with Gasteiger partial charge in [-0.05, 0) is 19.9 Å². The van der Waals surface area contributed by atoms with Gasteiger partial charge in [0.2, 0.25) is 0 Å². The summed E-state index contributed by atoms with van der Waals surface area (Å²) in [6.45, 7) is 3.25. The minimum atomic E-state index is -4.22. The molecule has 0 saturated carbocycles. The van der Waals surface area contributed by atoms with Gasteiger partial charge in [0.05, 0.1) is 11.8 Å². The molecule has 164 valence electrons. The summed E-state index contributed by atoms with van der Waals surface area (Å²) in [5.41, 5.74) is 1.57. The van der Waals surface area contributed by atoms with Gasteiger partial charge in [0.15, 0.2) is 5.82 Å². The first-order valence-electron chi connectivity index (χ1n) is 8.93. The molecule has 13 heteroatoms. The van der Waals surface area contributed by atoms with E-state index in [0.717, 1.165) is 0 Å². The van der Waals surface area contributed by atoms with Crippen LogP contribution in [0.3, 0.4) is 0 Å². The number of carbonyl (C=O) groups is 1. The van der Waals surface area contributed by atoms with E-state index in [2.05, 4.69) is 25.4 Å². The van der Waals surface area contributed by atoms with Crippen LogP contribution in [-0.4, -0.2) is 43.8 Å². The molecule has 31 heavy (non-hydrogen) atoms. The third-order valence-corrected chi connectivity index (χ3v) is 5.32. The lowest BCUT2D eigenvalue weighted by atomic mass is 10.2. The summed E-state index contributed by atoms with van der Waals surface area (Å²) in [4.78, 5) is 24.8. The van der Waals surface area contributed by atoms with Gasteiger partial charge < -0.3 is 4.74 Å². The van der Waals surface area contributed by atoms with Crippen molar-refractivity contribution < 1.29 is 22.5 Å². The monoisotopic (exact) mass is 466 g/mol. The first-order valence-corrected chi connectivity index (χ1v) is 10.9. The zero-order valence-corrected chi connectivity index (χ0v) is 18.3. The average molecular weight is 467 g/mol.